The number of hydrogen-bond acceptors (Lipinski definition) is 1. The van der Waals surface area contributed by atoms with E-state index in [0.717, 1.165) is 16.6 Å². The quantitative estimate of drug-likeness (QED) is 0.207. The average molecular weight is 521 g/mol. The molecule has 1 nitrogen and oxygen atoms in total. The highest BCUT2D eigenvalue weighted by Gasteiger charge is 2.18. The first-order valence-electron chi connectivity index (χ1n) is 14.1. The van der Waals surface area contributed by atoms with Crippen molar-refractivity contribution in [2.24, 2.45) is 0 Å². The van der Waals surface area contributed by atoms with E-state index in [1.807, 2.05) is 0 Å². The molecule has 0 aliphatic heterocycles. The van der Waals surface area contributed by atoms with Crippen LogP contribution < -0.4 is 0 Å². The predicted octanol–water partition coefficient (Wildman–Crippen LogP) is 11.5. The van der Waals surface area contributed by atoms with Crippen molar-refractivity contribution in [1.29, 1.82) is 0 Å². The number of hydrogen-bond donors (Lipinski definition) is 0. The second kappa shape index (κ2) is 8.55. The summed E-state index contributed by atoms with van der Waals surface area (Å²) in [6.45, 7) is 0. The fraction of sp³-hybridized carbons (Fsp3) is 0. The van der Waals surface area contributed by atoms with E-state index in [9.17, 15) is 0 Å². The van der Waals surface area contributed by atoms with Gasteiger partial charge in [-0.1, -0.05) is 115 Å². The Morgan fingerprint density at radius 1 is 0.341 bits per heavy atom. The monoisotopic (exact) mass is 520 g/mol. The molecule has 0 atom stereocenters. The van der Waals surface area contributed by atoms with Crippen molar-refractivity contribution in [2.45, 2.75) is 0 Å². The molecule has 1 heteroatoms. The van der Waals surface area contributed by atoms with E-state index in [2.05, 4.69) is 146 Å². The molecule has 0 saturated carbocycles. The molecule has 9 rings (SSSR count). The summed E-state index contributed by atoms with van der Waals surface area (Å²) in [6, 6.07) is 52.5. The molecule has 0 saturated heterocycles. The molecule has 0 bridgehead atoms. The molecule has 0 aliphatic carbocycles. The van der Waals surface area contributed by atoms with Crippen LogP contribution in [0.1, 0.15) is 0 Å². The van der Waals surface area contributed by atoms with Gasteiger partial charge in [-0.3, -0.25) is 0 Å². The second-order valence-electron chi connectivity index (χ2n) is 10.9. The molecule has 9 aromatic rings. The van der Waals surface area contributed by atoms with E-state index in [4.69, 9.17) is 4.42 Å². The van der Waals surface area contributed by atoms with Crippen LogP contribution in [-0.4, -0.2) is 0 Å². The maximum atomic E-state index is 6.63. The Kier molecular flexibility index (Phi) is 4.67. The third-order valence-electron chi connectivity index (χ3n) is 8.60. The van der Waals surface area contributed by atoms with Gasteiger partial charge in [0.25, 0.3) is 0 Å². The van der Waals surface area contributed by atoms with Crippen molar-refractivity contribution < 1.29 is 4.42 Å². The normalized spacial score (nSPS) is 11.9. The molecule has 0 fully saturated rings. The Morgan fingerprint density at radius 2 is 0.854 bits per heavy atom. The first-order valence-corrected chi connectivity index (χ1v) is 14.1. The molecule has 41 heavy (non-hydrogen) atoms. The van der Waals surface area contributed by atoms with Gasteiger partial charge in [0, 0.05) is 10.8 Å². The number of furan rings is 1. The molecule has 0 unspecified atom stereocenters. The first kappa shape index (κ1) is 22.4. The molecule has 0 spiro atoms. The van der Waals surface area contributed by atoms with Gasteiger partial charge >= 0.3 is 0 Å². The lowest BCUT2D eigenvalue weighted by Crippen LogP contribution is -1.87. The summed E-state index contributed by atoms with van der Waals surface area (Å²) in [5.41, 5.74) is 6.71. The van der Waals surface area contributed by atoms with Crippen molar-refractivity contribution in [3.63, 3.8) is 0 Å². The summed E-state index contributed by atoms with van der Waals surface area (Å²) in [7, 11) is 0. The van der Waals surface area contributed by atoms with Crippen LogP contribution in [0, 0.1) is 0 Å². The average Bonchev–Trinajstić information content (AvgIpc) is 3.40. The molecule has 0 aliphatic rings. The van der Waals surface area contributed by atoms with Crippen LogP contribution in [0.4, 0.5) is 0 Å². The molecule has 0 N–H and O–H groups in total. The highest BCUT2D eigenvalue weighted by Crippen LogP contribution is 2.44. The minimum atomic E-state index is 0.909. The lowest BCUT2D eigenvalue weighted by atomic mass is 9.89. The van der Waals surface area contributed by atoms with Gasteiger partial charge in [-0.15, -0.1) is 0 Å². The molecule has 0 amide bonds. The van der Waals surface area contributed by atoms with Crippen LogP contribution in [-0.2, 0) is 0 Å². The van der Waals surface area contributed by atoms with Gasteiger partial charge < -0.3 is 4.42 Å². The van der Waals surface area contributed by atoms with Crippen molar-refractivity contribution in [1.82, 2.24) is 0 Å². The Bertz CT molecular complexity index is 2370. The van der Waals surface area contributed by atoms with Crippen LogP contribution in [0.3, 0.4) is 0 Å². The summed E-state index contributed by atoms with van der Waals surface area (Å²) in [4.78, 5) is 0. The largest absolute Gasteiger partial charge is 0.456 e. The minimum absolute atomic E-state index is 0.909. The second-order valence-corrected chi connectivity index (χ2v) is 10.9. The van der Waals surface area contributed by atoms with Gasteiger partial charge in [0.05, 0.1) is 0 Å². The van der Waals surface area contributed by atoms with Crippen LogP contribution in [0.2, 0.25) is 0 Å². The van der Waals surface area contributed by atoms with E-state index >= 15 is 0 Å². The number of benzene rings is 8. The molecular formula is C40H24O. The number of rotatable bonds is 2. The van der Waals surface area contributed by atoms with Crippen LogP contribution in [0.15, 0.2) is 150 Å². The highest BCUT2D eigenvalue weighted by molar-refractivity contribution is 6.22. The standard InChI is InChI=1S/C40H24O/c1-5-14-30-25(10-1)22-26-11-2-6-15-31(26)38(30)29-20-21-34-37(24-29)41-36-19-9-18-35(40(34)36)39-32-16-7-3-12-27(32)23-28-13-4-8-17-33(28)39/h1-24H. The van der Waals surface area contributed by atoms with Gasteiger partial charge in [0.1, 0.15) is 11.2 Å². The van der Waals surface area contributed by atoms with Crippen molar-refractivity contribution in [3.8, 4) is 22.3 Å². The summed E-state index contributed by atoms with van der Waals surface area (Å²) >= 11 is 0. The molecule has 1 aromatic heterocycles. The Hall–Kier alpha value is -5.40. The van der Waals surface area contributed by atoms with Gasteiger partial charge in [-0.25, -0.2) is 0 Å². The Labute approximate surface area is 236 Å². The summed E-state index contributed by atoms with van der Waals surface area (Å²) in [5.74, 6) is 0. The zero-order valence-corrected chi connectivity index (χ0v) is 22.3. The molecule has 190 valence electrons. The molecular weight excluding hydrogens is 496 g/mol. The van der Waals surface area contributed by atoms with Gasteiger partial charge in [-0.05, 0) is 95.7 Å². The first-order chi connectivity index (χ1) is 20.3. The third kappa shape index (κ3) is 3.30. The number of fused-ring (bicyclic) bond motifs is 7. The van der Waals surface area contributed by atoms with Gasteiger partial charge in [-0.2, -0.15) is 0 Å². The summed E-state index contributed by atoms with van der Waals surface area (Å²) in [5, 5.41) is 12.3. The molecule has 1 heterocycles. The maximum absolute atomic E-state index is 6.63. The lowest BCUT2D eigenvalue weighted by Gasteiger charge is -2.13. The maximum Gasteiger partial charge on any atom is 0.136 e. The van der Waals surface area contributed by atoms with E-state index in [-0.39, 0.29) is 0 Å². The van der Waals surface area contributed by atoms with Crippen LogP contribution >= 0.6 is 0 Å². The van der Waals surface area contributed by atoms with E-state index in [0.29, 0.717) is 0 Å². The van der Waals surface area contributed by atoms with Crippen molar-refractivity contribution in [3.05, 3.63) is 146 Å². The van der Waals surface area contributed by atoms with Crippen molar-refractivity contribution in [2.75, 3.05) is 0 Å². The van der Waals surface area contributed by atoms with E-state index in [1.165, 1.54) is 70.7 Å². The summed E-state index contributed by atoms with van der Waals surface area (Å²) < 4.78 is 6.63. The minimum Gasteiger partial charge on any atom is -0.456 e. The zero-order valence-electron chi connectivity index (χ0n) is 22.3. The predicted molar refractivity (Wildman–Crippen MR) is 175 cm³/mol. The Morgan fingerprint density at radius 3 is 1.41 bits per heavy atom. The smallest absolute Gasteiger partial charge is 0.136 e. The fourth-order valence-electron chi connectivity index (χ4n) is 6.82. The Balaban J connectivity index is 1.36. The van der Waals surface area contributed by atoms with Crippen LogP contribution in [0.25, 0.3) is 87.3 Å². The van der Waals surface area contributed by atoms with E-state index in [1.54, 1.807) is 0 Å². The molecule has 8 aromatic carbocycles. The lowest BCUT2D eigenvalue weighted by molar-refractivity contribution is 0.669. The SMILES string of the molecule is c1ccc2c(-c3ccc4c(c3)oc3cccc(-c5c6ccccc6cc6ccccc56)c34)c3ccccc3cc2c1. The van der Waals surface area contributed by atoms with Crippen molar-refractivity contribution >= 4 is 65.0 Å². The zero-order chi connectivity index (χ0) is 26.9. The van der Waals surface area contributed by atoms with E-state index < -0.39 is 0 Å². The molecule has 0 radical (unpaired) electrons. The topological polar surface area (TPSA) is 13.1 Å². The van der Waals surface area contributed by atoms with Crippen LogP contribution in [0.5, 0.6) is 0 Å². The highest BCUT2D eigenvalue weighted by atomic mass is 16.3. The van der Waals surface area contributed by atoms with Gasteiger partial charge in [0.2, 0.25) is 0 Å². The summed E-state index contributed by atoms with van der Waals surface area (Å²) in [6.07, 6.45) is 0. The fourth-order valence-corrected chi connectivity index (χ4v) is 6.82. The third-order valence-corrected chi connectivity index (χ3v) is 8.60. The van der Waals surface area contributed by atoms with Gasteiger partial charge in [0.15, 0.2) is 0 Å².